The van der Waals surface area contributed by atoms with E-state index in [2.05, 4.69) is 21.4 Å². The molecule has 1 N–H and O–H groups in total. The van der Waals surface area contributed by atoms with Gasteiger partial charge in [-0.2, -0.15) is 0 Å². The maximum atomic E-state index is 9.71. The number of thiazole rings is 1. The fraction of sp³-hybridized carbons (Fsp3) is 0.500. The second-order valence-corrected chi connectivity index (χ2v) is 7.68. The van der Waals surface area contributed by atoms with Crippen LogP contribution in [0.2, 0.25) is 0 Å². The van der Waals surface area contributed by atoms with Crippen LogP contribution in [0.3, 0.4) is 0 Å². The van der Waals surface area contributed by atoms with Gasteiger partial charge in [0, 0.05) is 13.1 Å². The number of fused-ring (bicyclic) bond motifs is 3. The Kier molecular flexibility index (Phi) is 3.96. The molecule has 3 aromatic rings. The first-order valence-electron chi connectivity index (χ1n) is 8.01. The monoisotopic (exact) mass is 348 g/mol. The van der Waals surface area contributed by atoms with E-state index in [4.69, 9.17) is 17.3 Å². The highest BCUT2D eigenvalue weighted by Gasteiger charge is 2.23. The van der Waals surface area contributed by atoms with Crippen molar-refractivity contribution in [2.24, 2.45) is 5.92 Å². The summed E-state index contributed by atoms with van der Waals surface area (Å²) in [4.78, 5) is 3.32. The maximum absolute atomic E-state index is 9.71. The van der Waals surface area contributed by atoms with Gasteiger partial charge in [0.15, 0.2) is 0 Å². The average molecular weight is 348 g/mol. The van der Waals surface area contributed by atoms with Crippen molar-refractivity contribution in [1.29, 1.82) is 0 Å². The van der Waals surface area contributed by atoms with Gasteiger partial charge in [-0.15, -0.1) is 5.10 Å². The van der Waals surface area contributed by atoms with E-state index in [-0.39, 0.29) is 6.10 Å². The Bertz CT molecular complexity index is 886. The van der Waals surface area contributed by atoms with E-state index in [1.54, 1.807) is 11.3 Å². The van der Waals surface area contributed by atoms with Crippen molar-refractivity contribution in [2.45, 2.75) is 32.5 Å². The molecule has 0 spiro atoms. The van der Waals surface area contributed by atoms with Crippen LogP contribution in [0.25, 0.3) is 15.2 Å². The number of rotatable bonds is 3. The molecule has 1 saturated heterocycles. The standard InChI is InChI=1S/C16H20N4OS2/c1-11(21)12-6-8-18(9-7-12)10-19-16(22)20-13-4-2-3-5-14(13)23-15(20)17-19/h2-5,11-12,21H,6-10H2,1H3/t11-/m1/s1. The van der Waals surface area contributed by atoms with E-state index in [0.29, 0.717) is 5.92 Å². The van der Waals surface area contributed by atoms with Gasteiger partial charge in [0.25, 0.3) is 0 Å². The summed E-state index contributed by atoms with van der Waals surface area (Å²) in [6.07, 6.45) is 1.87. The molecule has 0 saturated carbocycles. The molecule has 5 nitrogen and oxygen atoms in total. The second kappa shape index (κ2) is 5.98. The van der Waals surface area contributed by atoms with E-state index < -0.39 is 0 Å². The number of hydrogen-bond donors (Lipinski definition) is 1. The van der Waals surface area contributed by atoms with Gasteiger partial charge in [-0.05, 0) is 50.0 Å². The molecule has 1 fully saturated rings. The number of likely N-dealkylation sites (tertiary alicyclic amines) is 1. The number of hydrogen-bond acceptors (Lipinski definition) is 5. The first-order chi connectivity index (χ1) is 11.1. The lowest BCUT2D eigenvalue weighted by Crippen LogP contribution is -2.38. The zero-order valence-corrected chi connectivity index (χ0v) is 14.7. The minimum atomic E-state index is -0.205. The molecular formula is C16H20N4OS2. The number of piperidine rings is 1. The van der Waals surface area contributed by atoms with Crippen LogP contribution in [0.15, 0.2) is 24.3 Å². The molecule has 0 radical (unpaired) electrons. The summed E-state index contributed by atoms with van der Waals surface area (Å²) in [7, 11) is 0. The fourth-order valence-corrected chi connectivity index (χ4v) is 4.71. The first kappa shape index (κ1) is 15.3. The molecule has 2 aromatic heterocycles. The van der Waals surface area contributed by atoms with Crippen molar-refractivity contribution in [3.05, 3.63) is 29.0 Å². The van der Waals surface area contributed by atoms with E-state index >= 15 is 0 Å². The van der Waals surface area contributed by atoms with E-state index in [1.807, 2.05) is 23.7 Å². The van der Waals surface area contributed by atoms with Gasteiger partial charge in [-0.25, -0.2) is 4.68 Å². The molecule has 1 aromatic carbocycles. The highest BCUT2D eigenvalue weighted by molar-refractivity contribution is 7.71. The lowest BCUT2D eigenvalue weighted by molar-refractivity contribution is 0.0592. The molecule has 1 aliphatic rings. The van der Waals surface area contributed by atoms with E-state index in [0.717, 1.165) is 47.8 Å². The normalized spacial score (nSPS) is 18.9. The highest BCUT2D eigenvalue weighted by atomic mass is 32.1. The third-order valence-electron chi connectivity index (χ3n) is 4.77. The number of aliphatic hydroxyl groups excluding tert-OH is 1. The molecule has 1 aliphatic heterocycles. The summed E-state index contributed by atoms with van der Waals surface area (Å²) in [5.41, 5.74) is 1.14. The largest absolute Gasteiger partial charge is 0.393 e. The molecular weight excluding hydrogens is 328 g/mol. The Balaban J connectivity index is 1.58. The Morgan fingerprint density at radius 1 is 1.35 bits per heavy atom. The van der Waals surface area contributed by atoms with Crippen LogP contribution in [-0.2, 0) is 6.67 Å². The molecule has 7 heteroatoms. The first-order valence-corrected chi connectivity index (χ1v) is 9.23. The topological polar surface area (TPSA) is 45.7 Å². The molecule has 0 amide bonds. The van der Waals surface area contributed by atoms with Gasteiger partial charge in [-0.3, -0.25) is 9.30 Å². The van der Waals surface area contributed by atoms with Gasteiger partial charge in [-0.1, -0.05) is 23.5 Å². The fourth-order valence-electron chi connectivity index (χ4n) is 3.35. The number of aliphatic hydroxyl groups is 1. The van der Waals surface area contributed by atoms with Crippen LogP contribution in [-0.4, -0.2) is 43.4 Å². The molecule has 23 heavy (non-hydrogen) atoms. The number of aromatic nitrogens is 3. The third-order valence-corrected chi connectivity index (χ3v) is 6.17. The molecule has 3 heterocycles. The Labute approximate surface area is 143 Å². The summed E-state index contributed by atoms with van der Waals surface area (Å²) in [6, 6.07) is 8.28. The minimum Gasteiger partial charge on any atom is -0.393 e. The average Bonchev–Trinajstić information content (AvgIpc) is 3.05. The van der Waals surface area contributed by atoms with Crippen molar-refractivity contribution in [1.82, 2.24) is 19.1 Å². The smallest absolute Gasteiger partial charge is 0.216 e. The molecule has 0 unspecified atom stereocenters. The highest BCUT2D eigenvalue weighted by Crippen LogP contribution is 2.26. The molecule has 4 rings (SSSR count). The van der Waals surface area contributed by atoms with Crippen molar-refractivity contribution in [3.8, 4) is 0 Å². The Morgan fingerprint density at radius 3 is 2.83 bits per heavy atom. The predicted molar refractivity (Wildman–Crippen MR) is 95.4 cm³/mol. The number of benzene rings is 1. The zero-order valence-electron chi connectivity index (χ0n) is 13.1. The van der Waals surface area contributed by atoms with Crippen LogP contribution in [0.4, 0.5) is 0 Å². The van der Waals surface area contributed by atoms with E-state index in [1.165, 1.54) is 4.70 Å². The lowest BCUT2D eigenvalue weighted by Gasteiger charge is -2.32. The molecule has 122 valence electrons. The summed E-state index contributed by atoms with van der Waals surface area (Å²) in [5.74, 6) is 0.425. The Morgan fingerprint density at radius 2 is 2.09 bits per heavy atom. The van der Waals surface area contributed by atoms with Gasteiger partial charge in [0.1, 0.15) is 0 Å². The summed E-state index contributed by atoms with van der Waals surface area (Å²) < 4.78 is 5.97. The minimum absolute atomic E-state index is 0.205. The van der Waals surface area contributed by atoms with Crippen LogP contribution in [0, 0.1) is 10.7 Å². The van der Waals surface area contributed by atoms with Gasteiger partial charge in [0.2, 0.25) is 9.73 Å². The molecule has 1 atom stereocenters. The Hall–Kier alpha value is -1.28. The molecule has 0 aliphatic carbocycles. The van der Waals surface area contributed by atoms with E-state index in [9.17, 15) is 5.11 Å². The second-order valence-electron chi connectivity index (χ2n) is 6.31. The van der Waals surface area contributed by atoms with Crippen LogP contribution >= 0.6 is 23.6 Å². The summed E-state index contributed by atoms with van der Waals surface area (Å²) >= 11 is 7.32. The predicted octanol–water partition coefficient (Wildman–Crippen LogP) is 3.13. The van der Waals surface area contributed by atoms with Crippen LogP contribution in [0.1, 0.15) is 19.8 Å². The lowest BCUT2D eigenvalue weighted by atomic mass is 9.92. The van der Waals surface area contributed by atoms with Crippen molar-refractivity contribution >= 4 is 38.7 Å². The SMILES string of the molecule is C[C@@H](O)C1CCN(Cn2nc3sc4ccccc4n3c2=S)CC1. The summed E-state index contributed by atoms with van der Waals surface area (Å²) in [5, 5.41) is 14.4. The van der Waals surface area contributed by atoms with Crippen molar-refractivity contribution in [2.75, 3.05) is 13.1 Å². The van der Waals surface area contributed by atoms with Crippen LogP contribution in [0.5, 0.6) is 0 Å². The third kappa shape index (κ3) is 2.71. The number of para-hydroxylation sites is 1. The quantitative estimate of drug-likeness (QED) is 0.739. The van der Waals surface area contributed by atoms with Crippen LogP contribution < -0.4 is 0 Å². The maximum Gasteiger partial charge on any atom is 0.216 e. The molecule has 0 bridgehead atoms. The van der Waals surface area contributed by atoms with Gasteiger partial charge in [0.05, 0.1) is 23.0 Å². The number of nitrogens with zero attached hydrogens (tertiary/aromatic N) is 4. The summed E-state index contributed by atoms with van der Waals surface area (Å²) in [6.45, 7) is 4.60. The van der Waals surface area contributed by atoms with Gasteiger partial charge < -0.3 is 5.11 Å². The van der Waals surface area contributed by atoms with Crippen molar-refractivity contribution in [3.63, 3.8) is 0 Å². The van der Waals surface area contributed by atoms with Crippen molar-refractivity contribution < 1.29 is 5.11 Å². The van der Waals surface area contributed by atoms with Gasteiger partial charge >= 0.3 is 0 Å². The zero-order chi connectivity index (χ0) is 16.0.